The minimum atomic E-state index is -0.796. The van der Waals surface area contributed by atoms with Crippen molar-refractivity contribution < 1.29 is 9.63 Å². The van der Waals surface area contributed by atoms with Crippen LogP contribution in [0.1, 0.15) is 51.2 Å². The third-order valence-electron chi connectivity index (χ3n) is 4.40. The highest BCUT2D eigenvalue weighted by atomic mass is 16.5. The Labute approximate surface area is 141 Å². The minimum absolute atomic E-state index is 0.154. The number of rotatable bonds is 4. The summed E-state index contributed by atoms with van der Waals surface area (Å²) in [6.07, 6.45) is 3.85. The zero-order chi connectivity index (χ0) is 17.4. The number of nitrogens with zero attached hydrogens (tertiary/aromatic N) is 6. The standard InChI is InChI=1S/C16H26N6O2/c1-15(2,3)14-18-12(20-24-14)9-22-7-5-6-16(23,10-22)8-13-19-17-11-21(13)4/h11,23H,5-10H2,1-4H3. The molecule has 3 rings (SSSR count). The summed E-state index contributed by atoms with van der Waals surface area (Å²) in [5.41, 5.74) is -0.950. The van der Waals surface area contributed by atoms with Gasteiger partial charge in [0.05, 0.1) is 12.1 Å². The van der Waals surface area contributed by atoms with Crippen LogP contribution in [-0.2, 0) is 25.4 Å². The Morgan fingerprint density at radius 1 is 1.38 bits per heavy atom. The van der Waals surface area contributed by atoms with Gasteiger partial charge in [-0.25, -0.2) is 0 Å². The molecule has 1 atom stereocenters. The molecule has 0 saturated carbocycles. The van der Waals surface area contributed by atoms with Gasteiger partial charge >= 0.3 is 0 Å². The van der Waals surface area contributed by atoms with Crippen LogP contribution in [0.25, 0.3) is 0 Å². The smallest absolute Gasteiger partial charge is 0.232 e. The first-order chi connectivity index (χ1) is 11.3. The maximum Gasteiger partial charge on any atom is 0.232 e. The van der Waals surface area contributed by atoms with Crippen LogP contribution in [0.15, 0.2) is 10.9 Å². The van der Waals surface area contributed by atoms with E-state index in [-0.39, 0.29) is 5.41 Å². The Morgan fingerprint density at radius 2 is 2.17 bits per heavy atom. The summed E-state index contributed by atoms with van der Waals surface area (Å²) in [5, 5.41) is 23.0. The Morgan fingerprint density at radius 3 is 2.79 bits per heavy atom. The number of β-amino-alcohol motifs (C(OH)–C–C–N with tert-alkyl or cyclic N) is 1. The predicted molar refractivity (Wildman–Crippen MR) is 87.2 cm³/mol. The molecule has 3 heterocycles. The average Bonchev–Trinajstić information content (AvgIpc) is 3.08. The molecule has 0 bridgehead atoms. The van der Waals surface area contributed by atoms with Crippen LogP contribution in [-0.4, -0.2) is 53.6 Å². The van der Waals surface area contributed by atoms with Gasteiger partial charge < -0.3 is 14.2 Å². The summed E-state index contributed by atoms with van der Waals surface area (Å²) in [4.78, 5) is 6.66. The minimum Gasteiger partial charge on any atom is -0.388 e. The Balaban J connectivity index is 1.65. The molecular formula is C16H26N6O2. The van der Waals surface area contributed by atoms with Gasteiger partial charge in [-0.3, -0.25) is 4.90 Å². The number of aliphatic hydroxyl groups is 1. The fourth-order valence-electron chi connectivity index (χ4n) is 3.07. The van der Waals surface area contributed by atoms with Crippen molar-refractivity contribution in [2.75, 3.05) is 13.1 Å². The second-order valence-electron chi connectivity index (χ2n) is 7.84. The first-order valence-corrected chi connectivity index (χ1v) is 8.36. The van der Waals surface area contributed by atoms with Crippen LogP contribution < -0.4 is 0 Å². The number of aromatic nitrogens is 5. The van der Waals surface area contributed by atoms with Crippen LogP contribution in [0.5, 0.6) is 0 Å². The molecular weight excluding hydrogens is 308 g/mol. The van der Waals surface area contributed by atoms with Crippen LogP contribution in [0.2, 0.25) is 0 Å². The van der Waals surface area contributed by atoms with E-state index in [1.807, 2.05) is 32.4 Å². The third kappa shape index (κ3) is 3.81. The number of hydrogen-bond donors (Lipinski definition) is 1. The lowest BCUT2D eigenvalue weighted by Crippen LogP contribution is -2.49. The van der Waals surface area contributed by atoms with Gasteiger partial charge in [0, 0.05) is 25.4 Å². The second kappa shape index (κ2) is 6.25. The van der Waals surface area contributed by atoms with Crippen LogP contribution in [0.4, 0.5) is 0 Å². The monoisotopic (exact) mass is 334 g/mol. The summed E-state index contributed by atoms with van der Waals surface area (Å²) in [6.45, 7) is 8.21. The molecule has 1 N–H and O–H groups in total. The van der Waals surface area contributed by atoms with Crippen molar-refractivity contribution in [3.8, 4) is 0 Å². The van der Waals surface area contributed by atoms with E-state index in [1.165, 1.54) is 0 Å². The lowest BCUT2D eigenvalue weighted by Gasteiger charge is -2.38. The van der Waals surface area contributed by atoms with E-state index in [1.54, 1.807) is 6.33 Å². The molecule has 1 aliphatic heterocycles. The van der Waals surface area contributed by atoms with Crippen LogP contribution in [0, 0.1) is 0 Å². The molecule has 1 fully saturated rings. The highest BCUT2D eigenvalue weighted by molar-refractivity contribution is 5.01. The predicted octanol–water partition coefficient (Wildman–Crippen LogP) is 1.07. The fourth-order valence-corrected chi connectivity index (χ4v) is 3.07. The lowest BCUT2D eigenvalue weighted by molar-refractivity contribution is -0.0352. The molecule has 0 aromatic carbocycles. The molecule has 2 aromatic rings. The molecule has 132 valence electrons. The number of hydrogen-bond acceptors (Lipinski definition) is 7. The highest BCUT2D eigenvalue weighted by Gasteiger charge is 2.35. The molecule has 0 amide bonds. The second-order valence-corrected chi connectivity index (χ2v) is 7.84. The summed E-state index contributed by atoms with van der Waals surface area (Å²) in [6, 6.07) is 0. The maximum atomic E-state index is 11.0. The molecule has 0 spiro atoms. The number of piperidine rings is 1. The molecule has 1 aliphatic rings. The largest absolute Gasteiger partial charge is 0.388 e. The normalized spacial score (nSPS) is 22.9. The van der Waals surface area contributed by atoms with E-state index in [0.29, 0.717) is 31.2 Å². The molecule has 24 heavy (non-hydrogen) atoms. The molecule has 8 nitrogen and oxygen atoms in total. The van der Waals surface area contributed by atoms with Gasteiger partial charge in [0.2, 0.25) is 5.89 Å². The van der Waals surface area contributed by atoms with E-state index < -0.39 is 5.60 Å². The molecule has 2 aromatic heterocycles. The average molecular weight is 334 g/mol. The van der Waals surface area contributed by atoms with Gasteiger partial charge in [0.25, 0.3) is 0 Å². The van der Waals surface area contributed by atoms with Crippen molar-refractivity contribution in [3.05, 3.63) is 23.9 Å². The Bertz CT molecular complexity index is 689. The number of aryl methyl sites for hydroxylation is 1. The first kappa shape index (κ1) is 17.0. The Hall–Kier alpha value is -1.80. The maximum absolute atomic E-state index is 11.0. The zero-order valence-electron chi connectivity index (χ0n) is 14.9. The zero-order valence-corrected chi connectivity index (χ0v) is 14.9. The van der Waals surface area contributed by atoms with Crippen LogP contribution in [0.3, 0.4) is 0 Å². The molecule has 1 saturated heterocycles. The molecule has 8 heteroatoms. The molecule has 1 unspecified atom stereocenters. The van der Waals surface area contributed by atoms with Gasteiger partial charge in [-0.05, 0) is 19.4 Å². The van der Waals surface area contributed by atoms with Gasteiger partial charge in [-0.2, -0.15) is 4.98 Å². The van der Waals surface area contributed by atoms with Gasteiger partial charge in [0.15, 0.2) is 5.82 Å². The third-order valence-corrected chi connectivity index (χ3v) is 4.40. The van der Waals surface area contributed by atoms with Crippen LogP contribution >= 0.6 is 0 Å². The van der Waals surface area contributed by atoms with Crippen molar-refractivity contribution in [1.82, 2.24) is 29.8 Å². The summed E-state index contributed by atoms with van der Waals surface area (Å²) < 4.78 is 7.20. The highest BCUT2D eigenvalue weighted by Crippen LogP contribution is 2.26. The summed E-state index contributed by atoms with van der Waals surface area (Å²) >= 11 is 0. The molecule has 0 radical (unpaired) electrons. The fraction of sp³-hybridized carbons (Fsp3) is 0.750. The van der Waals surface area contributed by atoms with Crippen molar-refractivity contribution in [2.24, 2.45) is 7.05 Å². The van der Waals surface area contributed by atoms with E-state index >= 15 is 0 Å². The summed E-state index contributed by atoms with van der Waals surface area (Å²) in [7, 11) is 1.90. The SMILES string of the molecule is Cn1cnnc1CC1(O)CCCN(Cc2noc(C(C)(C)C)n2)C1. The quantitative estimate of drug-likeness (QED) is 0.893. The van der Waals surface area contributed by atoms with Gasteiger partial charge in [0.1, 0.15) is 12.2 Å². The lowest BCUT2D eigenvalue weighted by atomic mass is 9.89. The van der Waals surface area contributed by atoms with Gasteiger partial charge in [-0.15, -0.1) is 10.2 Å². The van der Waals surface area contributed by atoms with Crippen molar-refractivity contribution in [3.63, 3.8) is 0 Å². The molecule has 0 aliphatic carbocycles. The van der Waals surface area contributed by atoms with Gasteiger partial charge in [-0.1, -0.05) is 25.9 Å². The summed E-state index contributed by atoms with van der Waals surface area (Å²) in [5.74, 6) is 2.11. The Kier molecular flexibility index (Phi) is 4.44. The van der Waals surface area contributed by atoms with E-state index in [4.69, 9.17) is 4.52 Å². The van der Waals surface area contributed by atoms with Crippen molar-refractivity contribution >= 4 is 0 Å². The number of likely N-dealkylation sites (tertiary alicyclic amines) is 1. The van der Waals surface area contributed by atoms with E-state index in [9.17, 15) is 5.11 Å². The van der Waals surface area contributed by atoms with Crippen molar-refractivity contribution in [1.29, 1.82) is 0 Å². The van der Waals surface area contributed by atoms with E-state index in [2.05, 4.69) is 25.2 Å². The topological polar surface area (TPSA) is 93.1 Å². The van der Waals surface area contributed by atoms with Crippen molar-refractivity contribution in [2.45, 2.75) is 57.6 Å². The van der Waals surface area contributed by atoms with E-state index in [0.717, 1.165) is 25.2 Å². The first-order valence-electron chi connectivity index (χ1n) is 8.36.